The molecular formula is C8H10N2O4. The molecule has 4 N–H and O–H groups in total. The molecule has 0 radical (unpaired) electrons. The number of carboxylic acids is 1. The van der Waals surface area contributed by atoms with Crippen molar-refractivity contribution in [1.29, 1.82) is 0 Å². The molecule has 1 heterocycles. The Balaban J connectivity index is 2.83. The molecule has 1 aromatic heterocycles. The first-order valence-corrected chi connectivity index (χ1v) is 3.90. The maximum Gasteiger partial charge on any atom is 0.320 e. The highest BCUT2D eigenvalue weighted by molar-refractivity contribution is 5.73. The van der Waals surface area contributed by atoms with Gasteiger partial charge in [0, 0.05) is 6.07 Å². The van der Waals surface area contributed by atoms with Gasteiger partial charge in [-0.15, -0.1) is 0 Å². The van der Waals surface area contributed by atoms with E-state index in [2.05, 4.69) is 0 Å². The summed E-state index contributed by atoms with van der Waals surface area (Å²) in [5.74, 6) is -1.12. The summed E-state index contributed by atoms with van der Waals surface area (Å²) in [5, 5.41) is 17.5. The number of nitrogens with two attached hydrogens (primary N) is 1. The van der Waals surface area contributed by atoms with E-state index in [1.165, 1.54) is 6.07 Å². The molecule has 0 saturated carbocycles. The Bertz CT molecular complexity index is 399. The predicted molar refractivity (Wildman–Crippen MR) is 47.2 cm³/mol. The molecule has 0 spiro atoms. The zero-order valence-corrected chi connectivity index (χ0v) is 7.25. The van der Waals surface area contributed by atoms with Gasteiger partial charge in [0.2, 0.25) is 0 Å². The first-order chi connectivity index (χ1) is 6.50. The van der Waals surface area contributed by atoms with Crippen LogP contribution in [-0.4, -0.2) is 27.1 Å². The maximum absolute atomic E-state index is 10.8. The lowest BCUT2D eigenvalue weighted by atomic mass is 10.1. The van der Waals surface area contributed by atoms with Crippen LogP contribution in [-0.2, 0) is 11.2 Å². The van der Waals surface area contributed by atoms with E-state index in [4.69, 9.17) is 16.0 Å². The number of nitrogens with zero attached hydrogens (tertiary/aromatic N) is 1. The van der Waals surface area contributed by atoms with Crippen molar-refractivity contribution in [3.05, 3.63) is 34.2 Å². The van der Waals surface area contributed by atoms with Crippen molar-refractivity contribution in [2.75, 3.05) is 0 Å². The Morgan fingerprint density at radius 1 is 1.57 bits per heavy atom. The Morgan fingerprint density at radius 2 is 2.21 bits per heavy atom. The average Bonchev–Trinajstić information content (AvgIpc) is 2.11. The highest BCUT2D eigenvalue weighted by atomic mass is 16.5. The summed E-state index contributed by atoms with van der Waals surface area (Å²) in [7, 11) is 0. The minimum absolute atomic E-state index is 0.0656. The van der Waals surface area contributed by atoms with Crippen LogP contribution in [0.2, 0.25) is 0 Å². The first-order valence-electron chi connectivity index (χ1n) is 3.90. The van der Waals surface area contributed by atoms with Crippen molar-refractivity contribution in [3.8, 4) is 0 Å². The van der Waals surface area contributed by atoms with Crippen LogP contribution in [0.3, 0.4) is 0 Å². The van der Waals surface area contributed by atoms with E-state index in [1.54, 1.807) is 0 Å². The fourth-order valence-corrected chi connectivity index (χ4v) is 0.980. The van der Waals surface area contributed by atoms with Gasteiger partial charge in [-0.3, -0.25) is 9.59 Å². The molecule has 0 aliphatic carbocycles. The Labute approximate surface area is 79.2 Å². The van der Waals surface area contributed by atoms with Gasteiger partial charge in [-0.2, -0.15) is 4.73 Å². The SMILES string of the molecule is N[C@@H](Cc1ccc(=O)n(O)c1)C(=O)O. The highest BCUT2D eigenvalue weighted by Crippen LogP contribution is 1.99. The third-order valence-electron chi connectivity index (χ3n) is 1.73. The minimum Gasteiger partial charge on any atom is -0.480 e. The number of carboxylic acid groups (broad SMARTS) is 1. The summed E-state index contributed by atoms with van der Waals surface area (Å²) in [6, 6.07) is 1.54. The Hall–Kier alpha value is -1.82. The van der Waals surface area contributed by atoms with E-state index >= 15 is 0 Å². The average molecular weight is 198 g/mol. The van der Waals surface area contributed by atoms with Crippen molar-refractivity contribution in [2.45, 2.75) is 12.5 Å². The topological polar surface area (TPSA) is 106 Å². The monoisotopic (exact) mass is 198 g/mol. The van der Waals surface area contributed by atoms with Gasteiger partial charge in [-0.05, 0) is 12.0 Å². The lowest BCUT2D eigenvalue weighted by molar-refractivity contribution is -0.138. The van der Waals surface area contributed by atoms with Crippen LogP contribution >= 0.6 is 0 Å². The second kappa shape index (κ2) is 3.93. The van der Waals surface area contributed by atoms with Gasteiger partial charge < -0.3 is 16.0 Å². The van der Waals surface area contributed by atoms with Crippen LogP contribution in [0.1, 0.15) is 5.56 Å². The highest BCUT2D eigenvalue weighted by Gasteiger charge is 2.12. The number of hydrogen-bond acceptors (Lipinski definition) is 4. The van der Waals surface area contributed by atoms with Crippen molar-refractivity contribution in [3.63, 3.8) is 0 Å². The largest absolute Gasteiger partial charge is 0.480 e. The van der Waals surface area contributed by atoms with Crippen LogP contribution in [0.4, 0.5) is 0 Å². The van der Waals surface area contributed by atoms with Crippen LogP contribution < -0.4 is 11.3 Å². The van der Waals surface area contributed by atoms with Gasteiger partial charge in [-0.25, -0.2) is 0 Å². The standard InChI is InChI=1S/C8H10N2O4/c9-6(8(12)13)3-5-1-2-7(11)10(14)4-5/h1-2,4,6,14H,3,9H2,(H,12,13)/t6-/m0/s1. The molecule has 0 saturated heterocycles. The molecule has 1 atom stereocenters. The molecule has 0 bridgehead atoms. The third-order valence-corrected chi connectivity index (χ3v) is 1.73. The molecule has 76 valence electrons. The molecule has 6 heteroatoms. The van der Waals surface area contributed by atoms with Gasteiger partial charge >= 0.3 is 5.97 Å². The lowest BCUT2D eigenvalue weighted by Gasteiger charge is -2.06. The number of aliphatic carboxylic acids is 1. The van der Waals surface area contributed by atoms with E-state index in [0.717, 1.165) is 12.3 Å². The Morgan fingerprint density at radius 3 is 2.71 bits per heavy atom. The molecule has 1 rings (SSSR count). The minimum atomic E-state index is -1.12. The maximum atomic E-state index is 10.8. The summed E-state index contributed by atoms with van der Waals surface area (Å²) in [4.78, 5) is 21.2. The summed E-state index contributed by atoms with van der Waals surface area (Å²) in [6.07, 6.45) is 1.21. The van der Waals surface area contributed by atoms with Gasteiger partial charge in [0.15, 0.2) is 0 Å². The number of pyridine rings is 1. The Kier molecular flexibility index (Phi) is 2.88. The van der Waals surface area contributed by atoms with Gasteiger partial charge in [0.05, 0.1) is 6.20 Å². The summed E-state index contributed by atoms with van der Waals surface area (Å²) in [5.41, 5.74) is 5.18. The lowest BCUT2D eigenvalue weighted by Crippen LogP contribution is -2.32. The van der Waals surface area contributed by atoms with Gasteiger partial charge in [0.25, 0.3) is 5.56 Å². The van der Waals surface area contributed by atoms with Crippen LogP contribution in [0.5, 0.6) is 0 Å². The second-order valence-corrected chi connectivity index (χ2v) is 2.87. The molecule has 0 amide bonds. The molecule has 1 aromatic rings. The normalized spacial score (nSPS) is 12.4. The van der Waals surface area contributed by atoms with Crippen LogP contribution in [0, 0.1) is 0 Å². The number of rotatable bonds is 3. The summed E-state index contributed by atoms with van der Waals surface area (Å²) < 4.78 is 0.393. The summed E-state index contributed by atoms with van der Waals surface area (Å²) >= 11 is 0. The van der Waals surface area contributed by atoms with Gasteiger partial charge in [0.1, 0.15) is 6.04 Å². The molecule has 0 fully saturated rings. The van der Waals surface area contributed by atoms with E-state index < -0.39 is 17.6 Å². The predicted octanol–water partition coefficient (Wildman–Crippen LogP) is -0.960. The molecule has 0 unspecified atom stereocenters. The van der Waals surface area contributed by atoms with Crippen molar-refractivity contribution >= 4 is 5.97 Å². The number of carbonyl (C=O) groups is 1. The van der Waals surface area contributed by atoms with E-state index in [-0.39, 0.29) is 6.42 Å². The second-order valence-electron chi connectivity index (χ2n) is 2.87. The van der Waals surface area contributed by atoms with E-state index in [0.29, 0.717) is 10.3 Å². The molecule has 0 aliphatic rings. The molecule has 0 aromatic carbocycles. The van der Waals surface area contributed by atoms with Crippen LogP contribution in [0.25, 0.3) is 0 Å². The van der Waals surface area contributed by atoms with Crippen molar-refractivity contribution < 1.29 is 15.1 Å². The fourth-order valence-electron chi connectivity index (χ4n) is 0.980. The molecular weight excluding hydrogens is 188 g/mol. The number of hydrogen-bond donors (Lipinski definition) is 3. The van der Waals surface area contributed by atoms with Crippen LogP contribution in [0.15, 0.2) is 23.1 Å². The van der Waals surface area contributed by atoms with Crippen molar-refractivity contribution in [1.82, 2.24) is 4.73 Å². The smallest absolute Gasteiger partial charge is 0.320 e. The zero-order valence-electron chi connectivity index (χ0n) is 7.25. The van der Waals surface area contributed by atoms with Gasteiger partial charge in [-0.1, -0.05) is 6.07 Å². The molecule has 0 aliphatic heterocycles. The zero-order chi connectivity index (χ0) is 10.7. The summed E-state index contributed by atoms with van der Waals surface area (Å²) in [6.45, 7) is 0. The quantitative estimate of drug-likeness (QED) is 0.542. The van der Waals surface area contributed by atoms with E-state index in [1.807, 2.05) is 0 Å². The first kappa shape index (κ1) is 10.3. The molecule has 14 heavy (non-hydrogen) atoms. The third kappa shape index (κ3) is 2.33. The molecule has 6 nitrogen and oxygen atoms in total. The number of aromatic nitrogens is 1. The van der Waals surface area contributed by atoms with Crippen molar-refractivity contribution in [2.24, 2.45) is 5.73 Å². The fraction of sp³-hybridized carbons (Fsp3) is 0.250. The van der Waals surface area contributed by atoms with E-state index in [9.17, 15) is 9.59 Å².